The van der Waals surface area contributed by atoms with Gasteiger partial charge in [-0.25, -0.2) is 4.99 Å². The van der Waals surface area contributed by atoms with E-state index in [1.165, 1.54) is 15.9 Å². The maximum atomic E-state index is 12.2. The molecule has 23 heavy (non-hydrogen) atoms. The fourth-order valence-corrected chi connectivity index (χ4v) is 3.54. The lowest BCUT2D eigenvalue weighted by Gasteiger charge is -2.04. The van der Waals surface area contributed by atoms with Crippen molar-refractivity contribution >= 4 is 41.6 Å². The topological polar surface area (TPSA) is 73.0 Å². The fourth-order valence-electron chi connectivity index (χ4n) is 2.36. The summed E-state index contributed by atoms with van der Waals surface area (Å²) >= 11 is 6.35. The Kier molecular flexibility index (Phi) is 3.10. The second-order valence-electron chi connectivity index (χ2n) is 5.04. The number of carbonyl (C=O) groups is 1. The standard InChI is InChI=1S/C15H10N2O4S2/c1-17-14(19)12(23-15(17)22)4-8-2-7-3-10-11(21-6-20-10)5-9(7)16-13(8)18/h2-5,19H,6H2,1H3/b8-4+. The Morgan fingerprint density at radius 3 is 2.83 bits per heavy atom. The number of rotatable bonds is 1. The number of aromatic hydroxyl groups is 1. The number of thiazole rings is 1. The van der Waals surface area contributed by atoms with Gasteiger partial charge in [0.15, 0.2) is 15.5 Å². The number of amides is 1. The summed E-state index contributed by atoms with van der Waals surface area (Å²) in [7, 11) is 1.67. The second-order valence-corrected chi connectivity index (χ2v) is 6.72. The van der Waals surface area contributed by atoms with Crippen molar-refractivity contribution < 1.29 is 19.4 Å². The van der Waals surface area contributed by atoms with Gasteiger partial charge >= 0.3 is 0 Å². The van der Waals surface area contributed by atoms with Crippen LogP contribution in [-0.2, 0) is 11.8 Å². The summed E-state index contributed by atoms with van der Waals surface area (Å²) in [4.78, 5) is 16.8. The van der Waals surface area contributed by atoms with Crippen LogP contribution in [0.5, 0.6) is 17.4 Å². The molecule has 1 aromatic carbocycles. The van der Waals surface area contributed by atoms with E-state index < -0.39 is 0 Å². The highest BCUT2D eigenvalue weighted by molar-refractivity contribution is 7.73. The Labute approximate surface area is 139 Å². The van der Waals surface area contributed by atoms with E-state index in [1.54, 1.807) is 31.3 Å². The van der Waals surface area contributed by atoms with Crippen molar-refractivity contribution in [3.8, 4) is 17.4 Å². The van der Waals surface area contributed by atoms with Crippen LogP contribution in [0.4, 0.5) is 0 Å². The van der Waals surface area contributed by atoms with Crippen molar-refractivity contribution in [2.45, 2.75) is 0 Å². The molecule has 116 valence electrons. The van der Waals surface area contributed by atoms with Crippen LogP contribution in [0.15, 0.2) is 22.7 Å². The second kappa shape index (κ2) is 5.04. The first-order valence-corrected chi connectivity index (χ1v) is 7.90. The van der Waals surface area contributed by atoms with E-state index in [-0.39, 0.29) is 18.6 Å². The Balaban J connectivity index is 1.88. The predicted molar refractivity (Wildman–Crippen MR) is 86.6 cm³/mol. The summed E-state index contributed by atoms with van der Waals surface area (Å²) < 4.78 is 12.6. The molecule has 2 aliphatic heterocycles. The van der Waals surface area contributed by atoms with Crippen molar-refractivity contribution in [3.05, 3.63) is 37.1 Å². The average Bonchev–Trinajstić information content (AvgIpc) is 3.06. The maximum absolute atomic E-state index is 12.2. The molecular weight excluding hydrogens is 336 g/mol. The van der Waals surface area contributed by atoms with Crippen molar-refractivity contribution in [2.75, 3.05) is 6.79 Å². The summed E-state index contributed by atoms with van der Waals surface area (Å²) in [6.45, 7) is 0.163. The molecule has 1 N–H and O–H groups in total. The van der Waals surface area contributed by atoms with Crippen molar-refractivity contribution in [1.82, 2.24) is 4.57 Å². The van der Waals surface area contributed by atoms with E-state index in [4.69, 9.17) is 21.7 Å². The molecule has 0 fully saturated rings. The molecule has 0 saturated carbocycles. The lowest BCUT2D eigenvalue weighted by molar-refractivity contribution is -0.114. The van der Waals surface area contributed by atoms with Gasteiger partial charge in [-0.15, -0.1) is 11.3 Å². The van der Waals surface area contributed by atoms with Crippen LogP contribution in [0, 0.1) is 3.95 Å². The Bertz CT molecular complexity index is 1060. The van der Waals surface area contributed by atoms with E-state index in [2.05, 4.69) is 4.99 Å². The average molecular weight is 346 g/mol. The fraction of sp³-hybridized carbons (Fsp3) is 0.133. The Morgan fingerprint density at radius 1 is 1.39 bits per heavy atom. The minimum absolute atomic E-state index is 0.0326. The SMILES string of the molecule is Cn1c(O)c(/C=C2\C=c3cc4c(cc3=NC2=O)OCO4)sc1=S. The highest BCUT2D eigenvalue weighted by Crippen LogP contribution is 2.30. The molecule has 0 unspecified atom stereocenters. The Morgan fingerprint density at radius 2 is 2.13 bits per heavy atom. The molecule has 0 atom stereocenters. The number of ether oxygens (including phenoxy) is 2. The lowest BCUT2D eigenvalue weighted by atomic mass is 10.1. The van der Waals surface area contributed by atoms with E-state index in [0.717, 1.165) is 5.22 Å². The van der Waals surface area contributed by atoms with Gasteiger partial charge in [0.25, 0.3) is 5.91 Å². The maximum Gasteiger partial charge on any atom is 0.277 e. The van der Waals surface area contributed by atoms with Crippen LogP contribution >= 0.6 is 23.6 Å². The Hall–Kier alpha value is -2.45. The van der Waals surface area contributed by atoms with E-state index >= 15 is 0 Å². The largest absolute Gasteiger partial charge is 0.493 e. The van der Waals surface area contributed by atoms with E-state index in [0.29, 0.717) is 31.3 Å². The van der Waals surface area contributed by atoms with Crippen LogP contribution in [0.2, 0.25) is 0 Å². The molecule has 0 bridgehead atoms. The highest BCUT2D eigenvalue weighted by Gasteiger charge is 2.18. The zero-order valence-electron chi connectivity index (χ0n) is 11.9. The summed E-state index contributed by atoms with van der Waals surface area (Å²) in [5.74, 6) is 0.866. The van der Waals surface area contributed by atoms with Crippen LogP contribution < -0.4 is 20.0 Å². The molecule has 6 nitrogen and oxygen atoms in total. The minimum atomic E-state index is -0.377. The molecule has 1 aromatic heterocycles. The molecule has 0 saturated heterocycles. The first kappa shape index (κ1) is 14.2. The third-order valence-corrected chi connectivity index (χ3v) is 5.09. The van der Waals surface area contributed by atoms with Gasteiger partial charge in [-0.1, -0.05) is 0 Å². The zero-order valence-corrected chi connectivity index (χ0v) is 13.5. The first-order chi connectivity index (χ1) is 11.0. The van der Waals surface area contributed by atoms with Gasteiger partial charge in [0.1, 0.15) is 0 Å². The number of fused-ring (bicyclic) bond motifs is 2. The van der Waals surface area contributed by atoms with Gasteiger partial charge in [0.2, 0.25) is 12.7 Å². The third kappa shape index (κ3) is 2.27. The smallest absolute Gasteiger partial charge is 0.277 e. The molecule has 8 heteroatoms. The van der Waals surface area contributed by atoms with E-state index in [1.807, 2.05) is 0 Å². The first-order valence-electron chi connectivity index (χ1n) is 6.68. The zero-order chi connectivity index (χ0) is 16.1. The van der Waals surface area contributed by atoms with Gasteiger partial charge < -0.3 is 14.6 Å². The van der Waals surface area contributed by atoms with Crippen molar-refractivity contribution in [3.63, 3.8) is 0 Å². The van der Waals surface area contributed by atoms with Gasteiger partial charge in [0.05, 0.1) is 10.2 Å². The number of benzene rings is 1. The number of carbonyl (C=O) groups excluding carboxylic acids is 1. The van der Waals surface area contributed by atoms with Crippen molar-refractivity contribution in [1.29, 1.82) is 0 Å². The van der Waals surface area contributed by atoms with Crippen LogP contribution in [0.25, 0.3) is 12.2 Å². The van der Waals surface area contributed by atoms with Crippen molar-refractivity contribution in [2.24, 2.45) is 12.0 Å². The normalized spacial score (nSPS) is 16.9. The molecular formula is C15H10N2O4S2. The van der Waals surface area contributed by atoms with Crippen LogP contribution in [0.3, 0.4) is 0 Å². The molecule has 2 aliphatic rings. The summed E-state index contributed by atoms with van der Waals surface area (Å²) in [6, 6.07) is 3.47. The third-order valence-electron chi connectivity index (χ3n) is 3.60. The lowest BCUT2D eigenvalue weighted by Crippen LogP contribution is -2.30. The van der Waals surface area contributed by atoms with Gasteiger partial charge in [-0.2, -0.15) is 0 Å². The van der Waals surface area contributed by atoms with Gasteiger partial charge in [0, 0.05) is 23.9 Å². The highest BCUT2D eigenvalue weighted by atomic mass is 32.1. The number of nitrogens with zero attached hydrogens (tertiary/aromatic N) is 2. The molecule has 0 aliphatic carbocycles. The molecule has 1 amide bonds. The van der Waals surface area contributed by atoms with Gasteiger partial charge in [-0.3, -0.25) is 9.36 Å². The number of hydrogen-bond acceptors (Lipinski definition) is 6. The summed E-state index contributed by atoms with van der Waals surface area (Å²) in [5, 5.41) is 11.3. The van der Waals surface area contributed by atoms with Gasteiger partial charge in [-0.05, 0) is 30.4 Å². The monoisotopic (exact) mass is 346 g/mol. The molecule has 3 heterocycles. The number of hydrogen-bond donors (Lipinski definition) is 1. The quantitative estimate of drug-likeness (QED) is 0.622. The number of aromatic nitrogens is 1. The van der Waals surface area contributed by atoms with E-state index in [9.17, 15) is 9.90 Å². The minimum Gasteiger partial charge on any atom is -0.493 e. The molecule has 4 rings (SSSR count). The molecule has 0 radical (unpaired) electrons. The van der Waals surface area contributed by atoms with Crippen LogP contribution in [0.1, 0.15) is 4.88 Å². The predicted octanol–water partition coefficient (Wildman–Crippen LogP) is 1.27. The summed E-state index contributed by atoms with van der Waals surface area (Å²) in [6.07, 6.45) is 3.31. The molecule has 2 aromatic rings. The summed E-state index contributed by atoms with van der Waals surface area (Å²) in [5.41, 5.74) is 0.378. The van der Waals surface area contributed by atoms with Crippen LogP contribution in [-0.4, -0.2) is 22.4 Å². The molecule has 0 spiro atoms.